The van der Waals surface area contributed by atoms with E-state index in [1.165, 1.54) is 57.4 Å². The number of aliphatic carboxylic acids is 1. The second-order valence-electron chi connectivity index (χ2n) is 10.2. The first kappa shape index (κ1) is 28.4. The van der Waals surface area contributed by atoms with Crippen LogP contribution in [0.2, 0.25) is 0 Å². The van der Waals surface area contributed by atoms with Crippen molar-refractivity contribution >= 4 is 53.0 Å². The zero-order valence-electron chi connectivity index (χ0n) is 21.5. The number of β-lactam (4-membered cyclic amide) rings is 1. The highest BCUT2D eigenvalue weighted by Crippen LogP contribution is 2.44. The topological polar surface area (TPSA) is 189 Å². The molecule has 0 radical (unpaired) electrons. The number of hydrogen-bond donors (Lipinski definition) is 3. The number of benzene rings is 1. The summed E-state index contributed by atoms with van der Waals surface area (Å²) in [4.78, 5) is 57.2. The molecular formula is C23H27N7O7S2. The largest absolute Gasteiger partial charge is 0.508 e. The van der Waals surface area contributed by atoms with Crippen molar-refractivity contribution in [3.8, 4) is 5.75 Å². The molecule has 2 aliphatic heterocycles. The van der Waals surface area contributed by atoms with Gasteiger partial charge in [-0.05, 0) is 43.3 Å². The molecule has 0 spiro atoms. The Morgan fingerprint density at radius 1 is 1.33 bits per heavy atom. The molecule has 2 aliphatic rings. The maximum absolute atomic E-state index is 13.2. The van der Waals surface area contributed by atoms with E-state index in [4.69, 9.17) is 4.84 Å². The summed E-state index contributed by atoms with van der Waals surface area (Å²) in [7, 11) is 1.64. The average Bonchev–Trinajstić information content (AvgIpc) is 3.29. The normalized spacial score (nSPS) is 23.0. The monoisotopic (exact) mass is 577 g/mol. The Labute approximate surface area is 231 Å². The fourth-order valence-corrected chi connectivity index (χ4v) is 6.48. The molecular weight excluding hydrogens is 550 g/mol. The Balaban J connectivity index is 1.47. The second-order valence-corrected chi connectivity index (χ2v) is 12.2. The molecule has 39 heavy (non-hydrogen) atoms. The Bertz CT molecular complexity index is 1340. The fraction of sp³-hybridized carbons (Fsp3) is 0.478. The predicted molar refractivity (Wildman–Crippen MR) is 140 cm³/mol. The number of phenols is 1. The van der Waals surface area contributed by atoms with Gasteiger partial charge in [0.05, 0.1) is 5.41 Å². The molecule has 0 aliphatic carbocycles. The van der Waals surface area contributed by atoms with E-state index in [1.807, 2.05) is 0 Å². The van der Waals surface area contributed by atoms with Crippen molar-refractivity contribution in [2.75, 3.05) is 18.1 Å². The zero-order chi connectivity index (χ0) is 28.5. The van der Waals surface area contributed by atoms with E-state index in [1.54, 1.807) is 27.8 Å². The van der Waals surface area contributed by atoms with Crippen molar-refractivity contribution in [3.05, 3.63) is 29.8 Å². The third kappa shape index (κ3) is 5.85. The number of aryl methyl sites for hydroxylation is 1. The molecule has 2 unspecified atom stereocenters. The Morgan fingerprint density at radius 2 is 2.08 bits per heavy atom. The molecule has 2 fully saturated rings. The summed E-state index contributed by atoms with van der Waals surface area (Å²) in [6, 6.07) is 4.73. The number of amides is 2. The number of carbonyl (C=O) groups excluding carboxylic acids is 3. The summed E-state index contributed by atoms with van der Waals surface area (Å²) in [5.41, 5.74) is -2.25. The first-order valence-corrected chi connectivity index (χ1v) is 13.8. The average molecular weight is 578 g/mol. The second kappa shape index (κ2) is 10.8. The Kier molecular flexibility index (Phi) is 7.88. The number of carboxylic acid groups (broad SMARTS) is 1. The summed E-state index contributed by atoms with van der Waals surface area (Å²) >= 11 is 2.43. The highest BCUT2D eigenvalue weighted by molar-refractivity contribution is 8.00. The highest BCUT2D eigenvalue weighted by atomic mass is 32.2. The molecule has 3 heterocycles. The van der Waals surface area contributed by atoms with E-state index in [-0.39, 0.29) is 35.1 Å². The van der Waals surface area contributed by atoms with Crippen molar-refractivity contribution in [2.24, 2.45) is 23.0 Å². The number of carbonyl (C=O) groups is 4. The minimum absolute atomic E-state index is 0.0415. The number of aromatic nitrogens is 4. The molecule has 16 heteroatoms. The van der Waals surface area contributed by atoms with Crippen molar-refractivity contribution in [3.63, 3.8) is 0 Å². The van der Waals surface area contributed by atoms with Gasteiger partial charge in [0, 0.05) is 30.7 Å². The number of oxime groups is 1. The van der Waals surface area contributed by atoms with Gasteiger partial charge in [0.25, 0.3) is 5.91 Å². The van der Waals surface area contributed by atoms with Gasteiger partial charge in [0.1, 0.15) is 22.6 Å². The van der Waals surface area contributed by atoms with E-state index in [0.29, 0.717) is 5.16 Å². The number of hydrogen-bond acceptors (Lipinski definition) is 12. The summed E-state index contributed by atoms with van der Waals surface area (Å²) in [5.74, 6) is -2.76. The summed E-state index contributed by atoms with van der Waals surface area (Å²) in [6.07, 6.45) is 0. The third-order valence-corrected chi connectivity index (χ3v) is 9.00. The van der Waals surface area contributed by atoms with Crippen molar-refractivity contribution in [1.82, 2.24) is 30.4 Å². The number of nitrogens with zero attached hydrogens (tertiary/aromatic N) is 6. The maximum atomic E-state index is 13.2. The van der Waals surface area contributed by atoms with Gasteiger partial charge in [-0.1, -0.05) is 29.1 Å². The summed E-state index contributed by atoms with van der Waals surface area (Å²) in [5, 5.41) is 37.4. The van der Waals surface area contributed by atoms with Crippen LogP contribution < -0.4 is 5.32 Å². The lowest BCUT2D eigenvalue weighted by molar-refractivity contribution is -0.157. The van der Waals surface area contributed by atoms with Crippen LogP contribution in [0.15, 0.2) is 34.6 Å². The molecule has 0 saturated carbocycles. The Hall–Kier alpha value is -3.66. The highest BCUT2D eigenvalue weighted by Gasteiger charge is 2.57. The smallest absolute Gasteiger partial charge is 0.340 e. The first-order valence-electron chi connectivity index (χ1n) is 11.7. The number of carboxylic acids is 1. The van der Waals surface area contributed by atoms with Gasteiger partial charge in [0.15, 0.2) is 5.71 Å². The SMILES string of the molecule is Cn1nnnc1SCC1(C(=O)O)CS[C@@H]2C(NC(=O)C(=NOC(=O)C(C)(C)C)c3cccc(O)c3)C(=O)N2C1. The number of rotatable bonds is 8. The Morgan fingerprint density at radius 3 is 2.69 bits per heavy atom. The summed E-state index contributed by atoms with van der Waals surface area (Å²) in [6.45, 7) is 4.84. The summed E-state index contributed by atoms with van der Waals surface area (Å²) < 4.78 is 1.43. The van der Waals surface area contributed by atoms with E-state index in [0.717, 1.165) is 0 Å². The minimum Gasteiger partial charge on any atom is -0.508 e. The number of nitrogens with one attached hydrogen (secondary N) is 1. The van der Waals surface area contributed by atoms with Gasteiger partial charge < -0.3 is 25.3 Å². The molecule has 2 amide bonds. The lowest BCUT2D eigenvalue weighted by Crippen LogP contribution is -2.74. The van der Waals surface area contributed by atoms with Crippen LogP contribution >= 0.6 is 23.5 Å². The van der Waals surface area contributed by atoms with Crippen LogP contribution in [0.4, 0.5) is 0 Å². The molecule has 2 aromatic rings. The lowest BCUT2D eigenvalue weighted by atomic mass is 9.89. The standard InChI is InChI=1S/C23H27N7O7S2/c1-22(2,3)20(36)37-26-14(12-6-5-7-13(31)8-12)16(32)24-15-17(33)30-9-23(19(34)35,10-38-18(15)30)11-39-21-25-27-28-29(21)4/h5-8,15,18,31H,9-11H2,1-4H3,(H,24,32)(H,34,35)/t15?,18-,23?/m1/s1. The minimum atomic E-state index is -1.24. The quantitative estimate of drug-likeness (QED) is 0.129. The molecule has 1 aromatic carbocycles. The predicted octanol–water partition coefficient (Wildman–Crippen LogP) is 0.472. The number of tetrazole rings is 1. The number of fused-ring (bicyclic) bond motifs is 1. The molecule has 3 atom stereocenters. The van der Waals surface area contributed by atoms with E-state index in [9.17, 15) is 29.4 Å². The molecule has 208 valence electrons. The van der Waals surface area contributed by atoms with Crippen molar-refractivity contribution < 1.29 is 34.2 Å². The van der Waals surface area contributed by atoms with E-state index >= 15 is 0 Å². The van der Waals surface area contributed by atoms with E-state index in [2.05, 4.69) is 26.0 Å². The van der Waals surface area contributed by atoms with Crippen LogP contribution in [0.1, 0.15) is 26.3 Å². The van der Waals surface area contributed by atoms with Crippen LogP contribution in [0.25, 0.3) is 0 Å². The fourth-order valence-electron chi connectivity index (χ4n) is 3.76. The molecule has 1 aromatic heterocycles. The third-order valence-electron chi connectivity index (χ3n) is 6.11. The van der Waals surface area contributed by atoms with Gasteiger partial charge >= 0.3 is 11.9 Å². The number of aromatic hydroxyl groups is 1. The van der Waals surface area contributed by atoms with Gasteiger partial charge in [0.2, 0.25) is 11.1 Å². The van der Waals surface area contributed by atoms with Crippen LogP contribution in [0.5, 0.6) is 5.75 Å². The number of thioether (sulfide) groups is 2. The maximum Gasteiger partial charge on any atom is 0.340 e. The number of phenolic OH excluding ortho intramolecular Hbond substituents is 1. The first-order chi connectivity index (χ1) is 18.3. The van der Waals surface area contributed by atoms with Crippen LogP contribution in [0, 0.1) is 10.8 Å². The lowest BCUT2D eigenvalue weighted by Gasteiger charge is -2.53. The van der Waals surface area contributed by atoms with Crippen LogP contribution in [-0.4, -0.2) is 94.3 Å². The van der Waals surface area contributed by atoms with Gasteiger partial charge in [-0.3, -0.25) is 14.4 Å². The molecule has 2 saturated heterocycles. The molecule has 4 rings (SSSR count). The van der Waals surface area contributed by atoms with Gasteiger partial charge in [-0.15, -0.1) is 16.9 Å². The van der Waals surface area contributed by atoms with Gasteiger partial charge in [-0.25, -0.2) is 9.48 Å². The van der Waals surface area contributed by atoms with Crippen molar-refractivity contribution in [1.29, 1.82) is 0 Å². The molecule has 14 nitrogen and oxygen atoms in total. The molecule has 0 bridgehead atoms. The van der Waals surface area contributed by atoms with Gasteiger partial charge in [-0.2, -0.15) is 0 Å². The van der Waals surface area contributed by atoms with Crippen LogP contribution in [0.3, 0.4) is 0 Å². The zero-order valence-corrected chi connectivity index (χ0v) is 23.2. The van der Waals surface area contributed by atoms with Crippen LogP contribution in [-0.2, 0) is 31.1 Å². The molecule has 3 N–H and O–H groups in total. The van der Waals surface area contributed by atoms with Crippen molar-refractivity contribution in [2.45, 2.75) is 37.3 Å². The van der Waals surface area contributed by atoms with E-state index < -0.39 is 46.0 Å².